The first-order valence-electron chi connectivity index (χ1n) is 8.01. The van der Waals surface area contributed by atoms with E-state index in [9.17, 15) is 5.11 Å². The summed E-state index contributed by atoms with van der Waals surface area (Å²) in [5.41, 5.74) is 0.606. The molecule has 1 fully saturated rings. The van der Waals surface area contributed by atoms with Crippen LogP contribution in [0, 0.1) is 5.92 Å². The zero-order chi connectivity index (χ0) is 16.2. The second-order valence-corrected chi connectivity index (χ2v) is 8.55. The Kier molecular flexibility index (Phi) is 5.81. The van der Waals surface area contributed by atoms with E-state index in [1.807, 2.05) is 18.2 Å². The van der Waals surface area contributed by atoms with E-state index in [0.29, 0.717) is 19.8 Å². The Hall–Kier alpha value is -0.710. The van der Waals surface area contributed by atoms with Crippen molar-refractivity contribution in [3.05, 3.63) is 29.8 Å². The smallest absolute Gasteiger partial charge is 0.122 e. The van der Waals surface area contributed by atoms with Crippen molar-refractivity contribution in [2.75, 3.05) is 19.8 Å². The van der Waals surface area contributed by atoms with Crippen LogP contribution in [0.25, 0.3) is 0 Å². The number of aliphatic hydroxyl groups is 1. The maximum Gasteiger partial charge on any atom is 0.122 e. The lowest BCUT2D eigenvalue weighted by molar-refractivity contribution is -0.110. The van der Waals surface area contributed by atoms with Crippen LogP contribution in [0.4, 0.5) is 0 Å². The highest BCUT2D eigenvalue weighted by Crippen LogP contribution is 2.36. The van der Waals surface area contributed by atoms with Gasteiger partial charge >= 0.3 is 0 Å². The molecule has 2 aliphatic rings. The minimum Gasteiger partial charge on any atom is -0.493 e. The number of benzene rings is 1. The first kappa shape index (κ1) is 17.6. The van der Waals surface area contributed by atoms with Gasteiger partial charge < -0.3 is 14.6 Å². The summed E-state index contributed by atoms with van der Waals surface area (Å²) < 4.78 is 11.3. The Bertz CT molecular complexity index is 469. The van der Waals surface area contributed by atoms with Gasteiger partial charge in [-0.15, -0.1) is 0 Å². The largest absolute Gasteiger partial charge is 0.493 e. The summed E-state index contributed by atoms with van der Waals surface area (Å²) in [6.07, 6.45) is 2.36. The van der Waals surface area contributed by atoms with Gasteiger partial charge in [0.2, 0.25) is 0 Å². The number of para-hydroxylation sites is 1. The summed E-state index contributed by atoms with van der Waals surface area (Å²) in [4.78, 5) is 0. The topological polar surface area (TPSA) is 38.7 Å². The molecule has 1 atom stereocenters. The average Bonchev–Trinajstić information content (AvgIpc) is 2.46. The first-order chi connectivity index (χ1) is 10.3. The predicted octanol–water partition coefficient (Wildman–Crippen LogP) is 3.49. The van der Waals surface area contributed by atoms with Gasteiger partial charge in [0.1, 0.15) is 5.75 Å². The predicted molar refractivity (Wildman–Crippen MR) is 92.9 cm³/mol. The van der Waals surface area contributed by atoms with E-state index in [0.717, 1.165) is 25.0 Å². The van der Waals surface area contributed by atoms with Crippen molar-refractivity contribution in [1.82, 2.24) is 0 Å². The maximum atomic E-state index is 10.7. The van der Waals surface area contributed by atoms with Crippen LogP contribution < -0.4 is 4.74 Å². The third kappa shape index (κ3) is 5.18. The van der Waals surface area contributed by atoms with Crippen LogP contribution >= 0.6 is 12.6 Å². The van der Waals surface area contributed by atoms with Crippen molar-refractivity contribution in [3.8, 4) is 5.75 Å². The van der Waals surface area contributed by atoms with E-state index < -0.39 is 5.60 Å². The van der Waals surface area contributed by atoms with Gasteiger partial charge in [-0.3, -0.25) is 0 Å². The molecule has 1 unspecified atom stereocenters. The SMILES string of the molecule is CC(C)(C)S.OC1(C2COc3ccccc3C2)CCOCC1. The summed E-state index contributed by atoms with van der Waals surface area (Å²) in [5, 5.41) is 10.7. The monoisotopic (exact) mass is 324 g/mol. The summed E-state index contributed by atoms with van der Waals surface area (Å²) in [6.45, 7) is 8.10. The van der Waals surface area contributed by atoms with Crippen molar-refractivity contribution in [2.24, 2.45) is 5.92 Å². The highest BCUT2D eigenvalue weighted by molar-refractivity contribution is 7.81. The highest BCUT2D eigenvalue weighted by atomic mass is 32.1. The molecule has 22 heavy (non-hydrogen) atoms. The van der Waals surface area contributed by atoms with Gasteiger partial charge in [-0.2, -0.15) is 12.6 Å². The first-order valence-corrected chi connectivity index (χ1v) is 8.46. The van der Waals surface area contributed by atoms with E-state index in [-0.39, 0.29) is 10.7 Å². The zero-order valence-electron chi connectivity index (χ0n) is 13.8. The van der Waals surface area contributed by atoms with E-state index >= 15 is 0 Å². The van der Waals surface area contributed by atoms with Gasteiger partial charge in [0.25, 0.3) is 0 Å². The molecule has 0 bridgehead atoms. The molecular weight excluding hydrogens is 296 g/mol. The molecule has 4 heteroatoms. The van der Waals surface area contributed by atoms with Crippen LogP contribution in [0.1, 0.15) is 39.2 Å². The molecule has 0 saturated carbocycles. The molecule has 0 spiro atoms. The molecule has 1 N–H and O–H groups in total. The number of hydrogen-bond donors (Lipinski definition) is 2. The normalized spacial score (nSPS) is 23.6. The molecule has 0 aliphatic carbocycles. The van der Waals surface area contributed by atoms with Crippen molar-refractivity contribution in [3.63, 3.8) is 0 Å². The molecule has 3 nitrogen and oxygen atoms in total. The Morgan fingerprint density at radius 2 is 1.77 bits per heavy atom. The molecule has 1 saturated heterocycles. The van der Waals surface area contributed by atoms with Crippen LogP contribution in [0.15, 0.2) is 24.3 Å². The van der Waals surface area contributed by atoms with Gasteiger partial charge in [-0.25, -0.2) is 0 Å². The molecule has 0 amide bonds. The Labute approximate surface area is 139 Å². The van der Waals surface area contributed by atoms with Crippen LogP contribution in [0.3, 0.4) is 0 Å². The van der Waals surface area contributed by atoms with Crippen molar-refractivity contribution >= 4 is 12.6 Å². The van der Waals surface area contributed by atoms with E-state index in [4.69, 9.17) is 9.47 Å². The van der Waals surface area contributed by atoms with E-state index in [1.54, 1.807) is 0 Å². The summed E-state index contributed by atoms with van der Waals surface area (Å²) in [6, 6.07) is 8.10. The fraction of sp³-hybridized carbons (Fsp3) is 0.667. The number of ether oxygens (including phenoxy) is 2. The van der Waals surface area contributed by atoms with E-state index in [1.165, 1.54) is 5.56 Å². The highest BCUT2D eigenvalue weighted by Gasteiger charge is 2.40. The second kappa shape index (κ2) is 7.24. The lowest BCUT2D eigenvalue weighted by Crippen LogP contribution is -2.47. The standard InChI is InChI=1S/C14H18O3.C4H10S/c15-14(5-7-16-8-6-14)12-9-11-3-1-2-4-13(11)17-10-12;1-4(2,3)5/h1-4,12,15H,5-10H2;5H,1-3H3. The minimum atomic E-state index is -0.605. The summed E-state index contributed by atoms with van der Waals surface area (Å²) in [7, 11) is 0. The third-order valence-corrected chi connectivity index (χ3v) is 4.00. The summed E-state index contributed by atoms with van der Waals surface area (Å²) >= 11 is 4.12. The second-order valence-electron chi connectivity index (χ2n) is 7.21. The van der Waals surface area contributed by atoms with Crippen LogP contribution in [-0.4, -0.2) is 35.3 Å². The molecule has 2 heterocycles. The van der Waals surface area contributed by atoms with Crippen molar-refractivity contribution < 1.29 is 14.6 Å². The maximum absolute atomic E-state index is 10.7. The van der Waals surface area contributed by atoms with Crippen molar-refractivity contribution in [2.45, 2.75) is 50.4 Å². The Morgan fingerprint density at radius 3 is 2.41 bits per heavy atom. The lowest BCUT2D eigenvalue weighted by Gasteiger charge is -2.41. The quantitative estimate of drug-likeness (QED) is 0.777. The van der Waals surface area contributed by atoms with Crippen LogP contribution in [0.5, 0.6) is 5.75 Å². The molecule has 1 aromatic carbocycles. The molecule has 124 valence electrons. The number of thiol groups is 1. The molecule has 1 aromatic rings. The third-order valence-electron chi connectivity index (χ3n) is 4.00. The fourth-order valence-corrected chi connectivity index (χ4v) is 2.81. The molecule has 0 radical (unpaired) electrons. The number of rotatable bonds is 1. The molecular formula is C18H28O3S. The van der Waals surface area contributed by atoms with Crippen LogP contribution in [-0.2, 0) is 11.2 Å². The minimum absolute atomic E-state index is 0.194. The number of fused-ring (bicyclic) bond motifs is 1. The zero-order valence-corrected chi connectivity index (χ0v) is 14.7. The Morgan fingerprint density at radius 1 is 1.18 bits per heavy atom. The van der Waals surface area contributed by atoms with Gasteiger partial charge in [0.05, 0.1) is 12.2 Å². The van der Waals surface area contributed by atoms with Gasteiger partial charge in [-0.1, -0.05) is 39.0 Å². The average molecular weight is 324 g/mol. The molecule has 2 aliphatic heterocycles. The number of hydrogen-bond acceptors (Lipinski definition) is 4. The Balaban J connectivity index is 0.000000309. The fourth-order valence-electron chi connectivity index (χ4n) is 2.81. The van der Waals surface area contributed by atoms with Gasteiger partial charge in [-0.05, 0) is 30.9 Å². The van der Waals surface area contributed by atoms with Crippen LogP contribution in [0.2, 0.25) is 0 Å². The molecule has 3 rings (SSSR count). The van der Waals surface area contributed by atoms with Gasteiger partial charge in [0.15, 0.2) is 0 Å². The summed E-state index contributed by atoms with van der Waals surface area (Å²) in [5.74, 6) is 1.17. The van der Waals surface area contributed by atoms with E-state index in [2.05, 4.69) is 39.5 Å². The van der Waals surface area contributed by atoms with Gasteiger partial charge in [0, 0.05) is 23.9 Å². The van der Waals surface area contributed by atoms with Crippen molar-refractivity contribution in [1.29, 1.82) is 0 Å². The lowest BCUT2D eigenvalue weighted by atomic mass is 9.77. The molecule has 0 aromatic heterocycles.